The summed E-state index contributed by atoms with van der Waals surface area (Å²) in [5.41, 5.74) is -0.703. The van der Waals surface area contributed by atoms with E-state index < -0.39 is 32.3 Å². The molecule has 1 atom stereocenters. The third-order valence-electron chi connectivity index (χ3n) is 2.97. The number of nitrogens with one attached hydrogen (secondary N) is 1. The van der Waals surface area contributed by atoms with Crippen molar-refractivity contribution in [1.29, 1.82) is 0 Å². The van der Waals surface area contributed by atoms with Gasteiger partial charge in [0.15, 0.2) is 5.82 Å². The molecule has 1 aromatic rings. The smallest absolute Gasteiger partial charge is 0.338 e. The molecule has 0 heterocycles. The summed E-state index contributed by atoms with van der Waals surface area (Å²) in [5.74, 6) is -2.82. The average Bonchev–Trinajstić information content (AvgIpc) is 2.37. The van der Waals surface area contributed by atoms with Gasteiger partial charge in [-0.1, -0.05) is 15.9 Å². The quantitative estimate of drug-likeness (QED) is 0.778. The number of hydrogen-bond donors (Lipinski definition) is 2. The minimum Gasteiger partial charge on any atom is -0.478 e. The summed E-state index contributed by atoms with van der Waals surface area (Å²) in [5, 5.41) is 8.89. The largest absolute Gasteiger partial charge is 0.478 e. The standard InChI is InChI=1S/C12H16BrFN2O4S/c1-7(16(2)3)6-15-21(19,20)10-5-8(13)4-9(11(10)14)12(17)18/h4-5,7,15H,6H2,1-3H3,(H,17,18). The number of benzene rings is 1. The molecule has 0 aliphatic carbocycles. The van der Waals surface area contributed by atoms with Gasteiger partial charge in [0.1, 0.15) is 4.90 Å². The van der Waals surface area contributed by atoms with Crippen molar-refractivity contribution >= 4 is 31.9 Å². The molecule has 0 saturated heterocycles. The summed E-state index contributed by atoms with van der Waals surface area (Å²) in [4.78, 5) is 12.0. The van der Waals surface area contributed by atoms with E-state index in [-0.39, 0.29) is 17.1 Å². The lowest BCUT2D eigenvalue weighted by molar-refractivity contribution is 0.0691. The van der Waals surface area contributed by atoms with Crippen LogP contribution in [0.15, 0.2) is 21.5 Å². The lowest BCUT2D eigenvalue weighted by atomic mass is 10.2. The maximum Gasteiger partial charge on any atom is 0.338 e. The minimum absolute atomic E-state index is 0.0731. The van der Waals surface area contributed by atoms with Crippen LogP contribution >= 0.6 is 15.9 Å². The number of carbonyl (C=O) groups is 1. The van der Waals surface area contributed by atoms with Gasteiger partial charge in [-0.15, -0.1) is 0 Å². The Bertz CT molecular complexity index is 649. The van der Waals surface area contributed by atoms with Crippen LogP contribution < -0.4 is 4.72 Å². The molecular weight excluding hydrogens is 367 g/mol. The molecular formula is C12H16BrFN2O4S. The monoisotopic (exact) mass is 382 g/mol. The molecule has 0 aliphatic rings. The molecule has 21 heavy (non-hydrogen) atoms. The lowest BCUT2D eigenvalue weighted by Gasteiger charge is -2.20. The van der Waals surface area contributed by atoms with Gasteiger partial charge in [0.2, 0.25) is 10.0 Å². The number of aromatic carboxylic acids is 1. The summed E-state index contributed by atoms with van der Waals surface area (Å²) in [6.45, 7) is 1.87. The highest BCUT2D eigenvalue weighted by Crippen LogP contribution is 2.24. The Morgan fingerprint density at radius 1 is 1.48 bits per heavy atom. The van der Waals surface area contributed by atoms with Crippen LogP contribution in [0.2, 0.25) is 0 Å². The van der Waals surface area contributed by atoms with E-state index in [1.54, 1.807) is 25.9 Å². The van der Waals surface area contributed by atoms with Gasteiger partial charge in [0, 0.05) is 17.1 Å². The summed E-state index contributed by atoms with van der Waals surface area (Å²) in [6, 6.07) is 1.94. The fourth-order valence-corrected chi connectivity index (χ4v) is 3.26. The van der Waals surface area contributed by atoms with E-state index in [0.29, 0.717) is 0 Å². The Morgan fingerprint density at radius 3 is 2.52 bits per heavy atom. The minimum atomic E-state index is -4.14. The van der Waals surface area contributed by atoms with Crippen molar-refractivity contribution in [1.82, 2.24) is 9.62 Å². The Labute approximate surface area is 131 Å². The highest BCUT2D eigenvalue weighted by molar-refractivity contribution is 9.10. The third kappa shape index (κ3) is 4.47. The van der Waals surface area contributed by atoms with Gasteiger partial charge in [-0.2, -0.15) is 0 Å². The molecule has 0 aromatic heterocycles. The van der Waals surface area contributed by atoms with Crippen molar-refractivity contribution in [3.8, 4) is 0 Å². The number of rotatable bonds is 6. The van der Waals surface area contributed by atoms with E-state index in [9.17, 15) is 17.6 Å². The zero-order valence-corrected chi connectivity index (χ0v) is 14.1. The van der Waals surface area contributed by atoms with Gasteiger partial charge in [-0.25, -0.2) is 22.3 Å². The number of carboxylic acids is 1. The fourth-order valence-electron chi connectivity index (χ4n) is 1.41. The van der Waals surface area contributed by atoms with Crippen LogP contribution in [0.5, 0.6) is 0 Å². The molecule has 1 aromatic carbocycles. The lowest BCUT2D eigenvalue weighted by Crippen LogP contribution is -2.38. The Kier molecular flexibility index (Phi) is 5.85. The van der Waals surface area contributed by atoms with Crippen molar-refractivity contribution in [2.24, 2.45) is 0 Å². The highest BCUT2D eigenvalue weighted by atomic mass is 79.9. The molecule has 0 aliphatic heterocycles. The van der Waals surface area contributed by atoms with Gasteiger partial charge in [0.05, 0.1) is 5.56 Å². The van der Waals surface area contributed by atoms with Crippen molar-refractivity contribution in [3.05, 3.63) is 28.0 Å². The van der Waals surface area contributed by atoms with Gasteiger partial charge >= 0.3 is 5.97 Å². The number of likely N-dealkylation sites (N-methyl/N-ethyl adjacent to an activating group) is 1. The van der Waals surface area contributed by atoms with Gasteiger partial charge in [-0.3, -0.25) is 0 Å². The summed E-state index contributed by atoms with van der Waals surface area (Å²) in [7, 11) is -0.585. The molecule has 0 fully saturated rings. The van der Waals surface area contributed by atoms with E-state index in [1.807, 2.05) is 0 Å². The Morgan fingerprint density at radius 2 is 2.05 bits per heavy atom. The van der Waals surface area contributed by atoms with Crippen LogP contribution in [0.4, 0.5) is 4.39 Å². The molecule has 0 spiro atoms. The second kappa shape index (κ2) is 6.82. The van der Waals surface area contributed by atoms with Gasteiger partial charge < -0.3 is 10.0 Å². The maximum absolute atomic E-state index is 14.1. The predicted molar refractivity (Wildman–Crippen MR) is 79.4 cm³/mol. The number of halogens is 2. The van der Waals surface area contributed by atoms with E-state index >= 15 is 0 Å². The van der Waals surface area contributed by atoms with Crippen LogP contribution in [0.1, 0.15) is 17.3 Å². The first-order chi connectivity index (χ1) is 9.56. The number of sulfonamides is 1. The molecule has 118 valence electrons. The maximum atomic E-state index is 14.1. The van der Waals surface area contributed by atoms with E-state index in [1.165, 1.54) is 0 Å². The number of hydrogen-bond acceptors (Lipinski definition) is 4. The van der Waals surface area contributed by atoms with Gasteiger partial charge in [0.25, 0.3) is 0 Å². The molecule has 0 amide bonds. The Hall–Kier alpha value is -1.03. The molecule has 1 unspecified atom stereocenters. The Balaban J connectivity index is 3.17. The third-order valence-corrected chi connectivity index (χ3v) is 4.85. The average molecular weight is 383 g/mol. The van der Waals surface area contributed by atoms with Crippen molar-refractivity contribution < 1.29 is 22.7 Å². The highest BCUT2D eigenvalue weighted by Gasteiger charge is 2.25. The summed E-state index contributed by atoms with van der Waals surface area (Å²) < 4.78 is 40.7. The number of nitrogens with zero attached hydrogens (tertiary/aromatic N) is 1. The SMILES string of the molecule is CC(CNS(=O)(=O)c1cc(Br)cc(C(=O)O)c1F)N(C)C. The molecule has 1 rings (SSSR count). The molecule has 9 heteroatoms. The molecule has 0 radical (unpaired) electrons. The fraction of sp³-hybridized carbons (Fsp3) is 0.417. The normalized spacial score (nSPS) is 13.4. The summed E-state index contributed by atoms with van der Waals surface area (Å²) >= 11 is 2.98. The molecule has 0 bridgehead atoms. The van der Waals surface area contributed by atoms with Crippen molar-refractivity contribution in [2.75, 3.05) is 20.6 Å². The van der Waals surface area contributed by atoms with Crippen LogP contribution in [0, 0.1) is 5.82 Å². The van der Waals surface area contributed by atoms with Crippen LogP contribution in [-0.2, 0) is 10.0 Å². The topological polar surface area (TPSA) is 86.7 Å². The molecule has 6 nitrogen and oxygen atoms in total. The second-order valence-electron chi connectivity index (χ2n) is 4.74. The molecule has 0 saturated carbocycles. The van der Waals surface area contributed by atoms with Crippen molar-refractivity contribution in [3.63, 3.8) is 0 Å². The van der Waals surface area contributed by atoms with Crippen LogP contribution in [0.3, 0.4) is 0 Å². The van der Waals surface area contributed by atoms with Crippen LogP contribution in [-0.4, -0.2) is 51.1 Å². The second-order valence-corrected chi connectivity index (χ2v) is 7.39. The summed E-state index contributed by atoms with van der Waals surface area (Å²) in [6.07, 6.45) is 0. The first kappa shape index (κ1) is 18.0. The van der Waals surface area contributed by atoms with E-state index in [4.69, 9.17) is 5.11 Å². The van der Waals surface area contributed by atoms with E-state index in [0.717, 1.165) is 12.1 Å². The van der Waals surface area contributed by atoms with Gasteiger partial charge in [-0.05, 0) is 33.2 Å². The zero-order chi connectivity index (χ0) is 16.4. The number of carboxylic acid groups (broad SMARTS) is 1. The zero-order valence-electron chi connectivity index (χ0n) is 11.7. The van der Waals surface area contributed by atoms with Crippen molar-refractivity contribution in [2.45, 2.75) is 17.9 Å². The molecule has 2 N–H and O–H groups in total. The first-order valence-corrected chi connectivity index (χ1v) is 8.22. The van der Waals surface area contributed by atoms with Crippen LogP contribution in [0.25, 0.3) is 0 Å². The predicted octanol–water partition coefficient (Wildman–Crippen LogP) is 1.51. The van der Waals surface area contributed by atoms with E-state index in [2.05, 4.69) is 20.7 Å². The first-order valence-electron chi connectivity index (χ1n) is 5.94.